The molecule has 2 aliphatic rings. The van der Waals surface area contributed by atoms with Gasteiger partial charge in [0.15, 0.2) is 5.58 Å². The van der Waals surface area contributed by atoms with E-state index in [9.17, 15) is 9.18 Å². The van der Waals surface area contributed by atoms with Gasteiger partial charge in [0, 0.05) is 61.5 Å². The molecule has 38 heavy (non-hydrogen) atoms. The Hall–Kier alpha value is -4.25. The summed E-state index contributed by atoms with van der Waals surface area (Å²) in [6.07, 6.45) is 6.29. The molecule has 1 aromatic carbocycles. The van der Waals surface area contributed by atoms with E-state index in [0.717, 1.165) is 53.9 Å². The highest BCUT2D eigenvalue weighted by atomic mass is 19.1. The first-order valence-electron chi connectivity index (χ1n) is 13.1. The monoisotopic (exact) mass is 509 g/mol. The number of aryl methyl sites for hydroxylation is 1. The van der Waals surface area contributed by atoms with Crippen LogP contribution in [0, 0.1) is 13.5 Å². The van der Waals surface area contributed by atoms with Gasteiger partial charge in [0.25, 0.3) is 5.91 Å². The fourth-order valence-corrected chi connectivity index (χ4v) is 5.47. The van der Waals surface area contributed by atoms with Crippen molar-refractivity contribution in [1.82, 2.24) is 14.9 Å². The molecule has 0 N–H and O–H groups in total. The predicted octanol–water partition coefficient (Wildman–Crippen LogP) is 6.59. The lowest BCUT2D eigenvalue weighted by atomic mass is 10.0. The smallest absolute Gasteiger partial charge is 0.272 e. The van der Waals surface area contributed by atoms with Crippen molar-refractivity contribution in [2.24, 2.45) is 0 Å². The highest BCUT2D eigenvalue weighted by molar-refractivity contribution is 5.95. The third kappa shape index (κ3) is 4.38. The second-order valence-electron chi connectivity index (χ2n) is 10.1. The maximum absolute atomic E-state index is 13.8. The van der Waals surface area contributed by atoms with Crippen LogP contribution in [-0.2, 0) is 0 Å². The van der Waals surface area contributed by atoms with Crippen molar-refractivity contribution in [2.75, 3.05) is 31.1 Å². The van der Waals surface area contributed by atoms with Crippen molar-refractivity contribution in [2.45, 2.75) is 38.8 Å². The van der Waals surface area contributed by atoms with Crippen LogP contribution in [0.2, 0.25) is 0 Å². The Morgan fingerprint density at radius 3 is 2.66 bits per heavy atom. The molecule has 4 aromatic rings. The van der Waals surface area contributed by atoms with Gasteiger partial charge in [-0.05, 0) is 68.0 Å². The SMILES string of the molecule is [C-]#[N+]c1cc(-c2ccnc3cc(-c4cnc(C(=O)N5CCCCC5)cc4C)oc23)ccc1N1CC[C@@H](F)C1. The number of piperidine rings is 1. The normalized spacial score (nSPS) is 17.7. The van der Waals surface area contributed by atoms with E-state index in [1.54, 1.807) is 12.4 Å². The van der Waals surface area contributed by atoms with Gasteiger partial charge >= 0.3 is 0 Å². The van der Waals surface area contributed by atoms with E-state index in [0.29, 0.717) is 47.8 Å². The molecular weight excluding hydrogens is 481 g/mol. The zero-order valence-electron chi connectivity index (χ0n) is 21.3. The van der Waals surface area contributed by atoms with Crippen LogP contribution in [0.25, 0.3) is 38.4 Å². The Bertz CT molecular complexity index is 1570. The van der Waals surface area contributed by atoms with Gasteiger partial charge in [0.05, 0.1) is 6.57 Å². The lowest BCUT2D eigenvalue weighted by Crippen LogP contribution is -2.36. The van der Waals surface area contributed by atoms with E-state index < -0.39 is 6.17 Å². The number of alkyl halides is 1. The summed E-state index contributed by atoms with van der Waals surface area (Å²) in [6.45, 7) is 12.2. The Morgan fingerprint density at radius 1 is 1.08 bits per heavy atom. The van der Waals surface area contributed by atoms with Gasteiger partial charge in [0.1, 0.15) is 23.1 Å². The van der Waals surface area contributed by atoms with Crippen molar-refractivity contribution >= 4 is 28.4 Å². The molecule has 3 aromatic heterocycles. The Morgan fingerprint density at radius 2 is 1.92 bits per heavy atom. The summed E-state index contributed by atoms with van der Waals surface area (Å²) >= 11 is 0. The summed E-state index contributed by atoms with van der Waals surface area (Å²) in [5, 5.41) is 0. The molecule has 1 amide bonds. The topological polar surface area (TPSA) is 66.8 Å². The number of rotatable bonds is 4. The minimum Gasteiger partial charge on any atom is -0.454 e. The zero-order chi connectivity index (χ0) is 26.2. The number of aromatic nitrogens is 2. The summed E-state index contributed by atoms with van der Waals surface area (Å²) < 4.78 is 20.1. The molecule has 8 heteroatoms. The molecule has 0 radical (unpaired) electrons. The first kappa shape index (κ1) is 24.1. The Labute approximate surface area is 220 Å². The van der Waals surface area contributed by atoms with Crippen LogP contribution in [0.1, 0.15) is 41.7 Å². The number of carbonyl (C=O) groups excluding carboxylic acids is 1. The van der Waals surface area contributed by atoms with Gasteiger partial charge in [-0.15, -0.1) is 0 Å². The van der Waals surface area contributed by atoms with E-state index >= 15 is 0 Å². The minimum absolute atomic E-state index is 0.0251. The molecule has 1 atom stereocenters. The van der Waals surface area contributed by atoms with Gasteiger partial charge in [0.2, 0.25) is 5.69 Å². The van der Waals surface area contributed by atoms with Crippen LogP contribution in [-0.4, -0.2) is 53.1 Å². The van der Waals surface area contributed by atoms with E-state index in [2.05, 4.69) is 14.8 Å². The highest BCUT2D eigenvalue weighted by Gasteiger charge is 2.25. The number of hydrogen-bond donors (Lipinski definition) is 0. The number of fused-ring (bicyclic) bond motifs is 1. The van der Waals surface area contributed by atoms with Crippen molar-refractivity contribution in [1.29, 1.82) is 0 Å². The average molecular weight is 510 g/mol. The van der Waals surface area contributed by atoms with Crippen LogP contribution in [0.4, 0.5) is 15.8 Å². The number of likely N-dealkylation sites (tertiary alicyclic amines) is 1. The van der Waals surface area contributed by atoms with Gasteiger partial charge < -0.3 is 14.2 Å². The minimum atomic E-state index is -0.857. The Balaban J connectivity index is 1.33. The van der Waals surface area contributed by atoms with Crippen LogP contribution in [0.5, 0.6) is 0 Å². The first-order valence-corrected chi connectivity index (χ1v) is 13.1. The third-order valence-electron chi connectivity index (χ3n) is 7.53. The number of benzene rings is 1. The number of carbonyl (C=O) groups is 1. The molecule has 2 aliphatic heterocycles. The van der Waals surface area contributed by atoms with Gasteiger partial charge in [-0.3, -0.25) is 14.8 Å². The largest absolute Gasteiger partial charge is 0.454 e. The van der Waals surface area contributed by atoms with Crippen LogP contribution in [0.15, 0.2) is 53.2 Å². The van der Waals surface area contributed by atoms with E-state index in [-0.39, 0.29) is 5.91 Å². The molecule has 5 heterocycles. The second kappa shape index (κ2) is 9.90. The van der Waals surface area contributed by atoms with E-state index in [1.165, 1.54) is 6.42 Å². The summed E-state index contributed by atoms with van der Waals surface area (Å²) in [5.74, 6) is 0.595. The van der Waals surface area contributed by atoms with Crippen LogP contribution < -0.4 is 4.90 Å². The molecule has 2 fully saturated rings. The number of anilines is 1. The predicted molar refractivity (Wildman–Crippen MR) is 145 cm³/mol. The van der Waals surface area contributed by atoms with Crippen molar-refractivity contribution < 1.29 is 13.6 Å². The first-order chi connectivity index (χ1) is 18.5. The summed E-state index contributed by atoms with van der Waals surface area (Å²) in [4.78, 5) is 29.4. The maximum atomic E-state index is 13.8. The molecule has 0 bridgehead atoms. The van der Waals surface area contributed by atoms with Crippen molar-refractivity contribution in [3.63, 3.8) is 0 Å². The van der Waals surface area contributed by atoms with E-state index in [4.69, 9.17) is 11.0 Å². The van der Waals surface area contributed by atoms with Crippen molar-refractivity contribution in [3.05, 3.63) is 71.5 Å². The zero-order valence-corrected chi connectivity index (χ0v) is 21.3. The maximum Gasteiger partial charge on any atom is 0.272 e. The number of halogens is 1. The molecule has 7 nitrogen and oxygen atoms in total. The molecule has 6 rings (SSSR count). The van der Waals surface area contributed by atoms with Crippen LogP contribution in [0.3, 0.4) is 0 Å². The number of hydrogen-bond acceptors (Lipinski definition) is 5. The average Bonchev–Trinajstić information content (AvgIpc) is 3.58. The van der Waals surface area contributed by atoms with E-state index in [1.807, 2.05) is 53.1 Å². The molecule has 0 unspecified atom stereocenters. The summed E-state index contributed by atoms with van der Waals surface area (Å²) in [7, 11) is 0. The quantitative estimate of drug-likeness (QED) is 0.290. The molecule has 0 aliphatic carbocycles. The fourth-order valence-electron chi connectivity index (χ4n) is 5.47. The summed E-state index contributed by atoms with van der Waals surface area (Å²) in [5.41, 5.74) is 6.37. The van der Waals surface area contributed by atoms with Crippen LogP contribution >= 0.6 is 0 Å². The van der Waals surface area contributed by atoms with Gasteiger partial charge in [-0.2, -0.15) is 0 Å². The molecule has 0 spiro atoms. The fraction of sp³-hybridized carbons (Fsp3) is 0.333. The molecule has 2 saturated heterocycles. The summed E-state index contributed by atoms with van der Waals surface area (Å²) in [6, 6.07) is 11.2. The highest BCUT2D eigenvalue weighted by Crippen LogP contribution is 2.39. The van der Waals surface area contributed by atoms with Crippen molar-refractivity contribution in [3.8, 4) is 22.5 Å². The van der Waals surface area contributed by atoms with Gasteiger partial charge in [-0.25, -0.2) is 9.24 Å². The Kier molecular flexibility index (Phi) is 6.28. The molecular formula is C30H28FN5O2. The molecule has 0 saturated carbocycles. The lowest BCUT2D eigenvalue weighted by molar-refractivity contribution is 0.0718. The second-order valence-corrected chi connectivity index (χ2v) is 10.1. The standard InChI is InChI=1S/C30H28FN5O2/c1-19-14-26(30(37)35-11-4-3-5-12-35)34-17-23(19)28-16-25-29(38-28)22(8-10-33-25)20-6-7-27(24(15-20)32-2)36-13-9-21(31)18-36/h6-8,10,14-17,21H,3-5,9,11-13,18H2,1H3/t21-/m1/s1. The lowest BCUT2D eigenvalue weighted by Gasteiger charge is -2.26. The number of pyridine rings is 2. The van der Waals surface area contributed by atoms with Gasteiger partial charge in [-0.1, -0.05) is 6.07 Å². The third-order valence-corrected chi connectivity index (χ3v) is 7.53. The number of nitrogens with zero attached hydrogens (tertiary/aromatic N) is 5. The molecule has 192 valence electrons. The number of amides is 1. The number of furan rings is 1.